The van der Waals surface area contributed by atoms with Crippen LogP contribution in [0.1, 0.15) is 58.3 Å². The molecule has 6 atom stereocenters. The highest BCUT2D eigenvalue weighted by atomic mass is 28.4. The molecule has 0 N–H and O–H groups in total. The van der Waals surface area contributed by atoms with E-state index in [2.05, 4.69) is 38.7 Å². The molecule has 6 aliphatic rings. The van der Waals surface area contributed by atoms with Crippen LogP contribution in [-0.2, 0) is 18.6 Å². The molecular weight excluding hydrogens is 394 g/mol. The topological polar surface area (TPSA) is 64.0 Å². The Labute approximate surface area is 181 Å². The molecule has 0 bridgehead atoms. The Bertz CT molecular complexity index is 854. The van der Waals surface area contributed by atoms with E-state index in [1.807, 2.05) is 0 Å². The molecule has 0 aromatic heterocycles. The number of ether oxygens (including phenoxy) is 3. The number of rotatable bonds is 2. The maximum absolute atomic E-state index is 10.3. The van der Waals surface area contributed by atoms with Crippen molar-refractivity contribution < 1.29 is 18.6 Å². The number of nitriles is 1. The van der Waals surface area contributed by atoms with Crippen molar-refractivity contribution in [3.05, 3.63) is 11.6 Å². The second-order valence-electron chi connectivity index (χ2n) is 11.9. The van der Waals surface area contributed by atoms with Gasteiger partial charge < -0.3 is 18.6 Å². The lowest BCUT2D eigenvalue weighted by Gasteiger charge is -2.52. The molecule has 6 heteroatoms. The summed E-state index contributed by atoms with van der Waals surface area (Å²) in [5.41, 5.74) is 0.643. The van der Waals surface area contributed by atoms with Crippen molar-refractivity contribution in [1.82, 2.24) is 0 Å². The van der Waals surface area contributed by atoms with Gasteiger partial charge in [-0.2, -0.15) is 5.26 Å². The fraction of sp³-hybridized carbons (Fsp3) is 0.875. The van der Waals surface area contributed by atoms with Crippen molar-refractivity contribution in [2.45, 2.75) is 101 Å². The lowest BCUT2D eigenvalue weighted by Crippen LogP contribution is -2.56. The Kier molecular flexibility index (Phi) is 3.85. The van der Waals surface area contributed by atoms with Crippen LogP contribution in [0.15, 0.2) is 11.6 Å². The van der Waals surface area contributed by atoms with Crippen molar-refractivity contribution in [2.24, 2.45) is 17.3 Å². The lowest BCUT2D eigenvalue weighted by atomic mass is 9.53. The molecular formula is C24H35NO4Si. The first kappa shape index (κ1) is 19.9. The Morgan fingerprint density at radius 2 is 1.87 bits per heavy atom. The predicted octanol–water partition coefficient (Wildman–Crippen LogP) is 4.69. The molecule has 30 heavy (non-hydrogen) atoms. The zero-order chi connectivity index (χ0) is 21.0. The molecule has 6 rings (SSSR count). The monoisotopic (exact) mass is 429 g/mol. The van der Waals surface area contributed by atoms with E-state index in [1.165, 1.54) is 0 Å². The Morgan fingerprint density at radius 1 is 1.10 bits per heavy atom. The zero-order valence-corrected chi connectivity index (χ0v) is 19.9. The first-order valence-electron chi connectivity index (χ1n) is 11.9. The standard InChI is InChI=1S/C24H35NO4Si/c1-20-8-6-19-17(18(20)7-10-22(20,16-25)29-30(2,3)4)5-9-21-15-23(26-13-14-27-23)11-12-24(19,21)28-21/h6,17-18H,5,7-15H2,1-4H3/t17?,18?,20-,21+,22-,24+/m0/s1. The minimum Gasteiger partial charge on any atom is -0.399 e. The summed E-state index contributed by atoms with van der Waals surface area (Å²) >= 11 is 0. The van der Waals surface area contributed by atoms with E-state index in [-0.39, 0.29) is 16.6 Å². The highest BCUT2D eigenvalue weighted by Gasteiger charge is 2.79. The van der Waals surface area contributed by atoms with E-state index < -0.39 is 19.7 Å². The van der Waals surface area contributed by atoms with Crippen LogP contribution in [0.5, 0.6) is 0 Å². The maximum Gasteiger partial charge on any atom is 0.185 e. The van der Waals surface area contributed by atoms with Gasteiger partial charge in [-0.15, -0.1) is 0 Å². The molecule has 5 nitrogen and oxygen atoms in total. The average molecular weight is 430 g/mol. The quantitative estimate of drug-likeness (QED) is 0.362. The van der Waals surface area contributed by atoms with Gasteiger partial charge in [0.05, 0.1) is 19.3 Å². The van der Waals surface area contributed by atoms with Gasteiger partial charge in [-0.25, -0.2) is 0 Å². The second kappa shape index (κ2) is 5.79. The summed E-state index contributed by atoms with van der Waals surface area (Å²) in [5.74, 6) is 0.643. The summed E-state index contributed by atoms with van der Waals surface area (Å²) in [6.07, 6.45) is 10.4. The molecule has 5 fully saturated rings. The fourth-order valence-electron chi connectivity index (χ4n) is 8.23. The Balaban J connectivity index is 1.33. The molecule has 2 unspecified atom stereocenters. The number of hydrogen-bond donors (Lipinski definition) is 0. The number of epoxide rings is 1. The van der Waals surface area contributed by atoms with Crippen molar-refractivity contribution in [3.63, 3.8) is 0 Å². The predicted molar refractivity (Wildman–Crippen MR) is 114 cm³/mol. The highest BCUT2D eigenvalue weighted by Crippen LogP contribution is 2.74. The van der Waals surface area contributed by atoms with Crippen molar-refractivity contribution in [1.29, 1.82) is 5.26 Å². The molecule has 3 saturated carbocycles. The molecule has 0 aromatic rings. The first-order chi connectivity index (χ1) is 14.1. The van der Waals surface area contributed by atoms with E-state index in [0.717, 1.165) is 51.4 Å². The van der Waals surface area contributed by atoms with E-state index in [1.54, 1.807) is 5.57 Å². The minimum atomic E-state index is -1.83. The summed E-state index contributed by atoms with van der Waals surface area (Å²) in [4.78, 5) is 0. The van der Waals surface area contributed by atoms with Gasteiger partial charge >= 0.3 is 0 Å². The molecule has 0 aromatic carbocycles. The van der Waals surface area contributed by atoms with Crippen LogP contribution >= 0.6 is 0 Å². The van der Waals surface area contributed by atoms with Gasteiger partial charge in [0.2, 0.25) is 0 Å². The molecule has 2 saturated heterocycles. The van der Waals surface area contributed by atoms with Crippen LogP contribution in [0.3, 0.4) is 0 Å². The number of hydrogen-bond acceptors (Lipinski definition) is 5. The summed E-state index contributed by atoms with van der Waals surface area (Å²) in [7, 11) is -1.83. The molecule has 2 aliphatic heterocycles. The third-order valence-corrected chi connectivity index (χ3v) is 10.4. The van der Waals surface area contributed by atoms with E-state index in [9.17, 15) is 5.26 Å². The first-order valence-corrected chi connectivity index (χ1v) is 15.3. The molecule has 1 spiro atoms. The highest BCUT2D eigenvalue weighted by molar-refractivity contribution is 6.69. The van der Waals surface area contributed by atoms with Gasteiger partial charge in [-0.05, 0) is 75.6 Å². The fourth-order valence-corrected chi connectivity index (χ4v) is 9.65. The molecule has 4 aliphatic carbocycles. The van der Waals surface area contributed by atoms with Crippen LogP contribution < -0.4 is 0 Å². The third-order valence-electron chi connectivity index (χ3n) is 9.46. The van der Waals surface area contributed by atoms with Crippen LogP contribution in [0.2, 0.25) is 19.6 Å². The van der Waals surface area contributed by atoms with Gasteiger partial charge in [-0.1, -0.05) is 13.0 Å². The van der Waals surface area contributed by atoms with Gasteiger partial charge in [-0.3, -0.25) is 0 Å². The average Bonchev–Trinajstić information content (AvgIpc) is 3.01. The molecule has 2 heterocycles. The van der Waals surface area contributed by atoms with Crippen LogP contribution in [0.25, 0.3) is 0 Å². The lowest BCUT2D eigenvalue weighted by molar-refractivity contribution is -0.185. The largest absolute Gasteiger partial charge is 0.399 e. The summed E-state index contributed by atoms with van der Waals surface area (Å²) in [5, 5.41) is 10.3. The summed E-state index contributed by atoms with van der Waals surface area (Å²) in [6.45, 7) is 10.4. The summed E-state index contributed by atoms with van der Waals surface area (Å²) in [6, 6.07) is 2.70. The van der Waals surface area contributed by atoms with E-state index in [4.69, 9.17) is 18.6 Å². The van der Waals surface area contributed by atoms with Gasteiger partial charge in [0.25, 0.3) is 0 Å². The van der Waals surface area contributed by atoms with Crippen LogP contribution in [-0.4, -0.2) is 44.1 Å². The SMILES string of the molecule is C[C@]12CC=C3C(CC[C@@]45CC6(CC[C@@]34O5)OCCO6)C1CC[C@@]2(C#N)O[Si](C)(C)C. The molecule has 0 amide bonds. The van der Waals surface area contributed by atoms with E-state index in [0.29, 0.717) is 25.0 Å². The maximum atomic E-state index is 10.3. The Morgan fingerprint density at radius 3 is 2.57 bits per heavy atom. The second-order valence-corrected chi connectivity index (χ2v) is 16.4. The van der Waals surface area contributed by atoms with Gasteiger partial charge in [0, 0.05) is 18.3 Å². The minimum absolute atomic E-state index is 0.0780. The third kappa shape index (κ3) is 2.31. The zero-order valence-electron chi connectivity index (χ0n) is 18.9. The number of nitrogens with zero attached hydrogens (tertiary/aromatic N) is 1. The van der Waals surface area contributed by atoms with Crippen molar-refractivity contribution in [2.75, 3.05) is 13.2 Å². The molecule has 164 valence electrons. The van der Waals surface area contributed by atoms with Crippen molar-refractivity contribution >= 4 is 8.32 Å². The van der Waals surface area contributed by atoms with E-state index >= 15 is 0 Å². The van der Waals surface area contributed by atoms with Crippen LogP contribution in [0.4, 0.5) is 0 Å². The van der Waals surface area contributed by atoms with Gasteiger partial charge in [0.1, 0.15) is 16.8 Å². The smallest absolute Gasteiger partial charge is 0.185 e. The Hall–Kier alpha value is -0.713. The number of fused-ring (bicyclic) bond motifs is 3. The van der Waals surface area contributed by atoms with Crippen LogP contribution in [0, 0.1) is 28.6 Å². The van der Waals surface area contributed by atoms with Crippen molar-refractivity contribution in [3.8, 4) is 6.07 Å². The number of allylic oxidation sites excluding steroid dienone is 1. The molecule has 0 radical (unpaired) electrons. The summed E-state index contributed by atoms with van der Waals surface area (Å²) < 4.78 is 25.5. The van der Waals surface area contributed by atoms with Gasteiger partial charge in [0.15, 0.2) is 14.1 Å². The normalized spacial score (nSPS) is 50.7.